The minimum Gasteiger partial charge on any atom is -0.343 e. The molecule has 0 fully saturated rings. The molecule has 6 heteroatoms. The van der Waals surface area contributed by atoms with Crippen molar-refractivity contribution in [3.8, 4) is 5.69 Å². The molecule has 2 rings (SSSR count). The van der Waals surface area contributed by atoms with Crippen molar-refractivity contribution in [2.24, 2.45) is 0 Å². The molecule has 2 aromatic rings. The first-order chi connectivity index (χ1) is 10.0. The van der Waals surface area contributed by atoms with Crippen LogP contribution in [0.25, 0.3) is 5.69 Å². The first kappa shape index (κ1) is 15.5. The molecular weight excluding hydrogens is 288 g/mol. The molecule has 1 amide bonds. The molecule has 0 radical (unpaired) electrons. The maximum atomic E-state index is 11.8. The molecule has 112 valence electrons. The van der Waals surface area contributed by atoms with Crippen molar-refractivity contribution in [3.63, 3.8) is 0 Å². The Kier molecular flexibility index (Phi) is 4.98. The third kappa shape index (κ3) is 3.62. The molecule has 0 atom stereocenters. The molecule has 1 N–H and O–H groups in total. The summed E-state index contributed by atoms with van der Waals surface area (Å²) in [5.74, 6) is -0.122. The summed E-state index contributed by atoms with van der Waals surface area (Å²) in [5.41, 5.74) is 2.28. The summed E-state index contributed by atoms with van der Waals surface area (Å²) in [6.07, 6.45) is 1.76. The number of hydrogen-bond acceptors (Lipinski definition) is 3. The fourth-order valence-electron chi connectivity index (χ4n) is 1.89. The third-order valence-electron chi connectivity index (χ3n) is 3.08. The Morgan fingerprint density at radius 3 is 2.76 bits per heavy atom. The van der Waals surface area contributed by atoms with E-state index in [0.29, 0.717) is 10.7 Å². The largest absolute Gasteiger partial charge is 0.343 e. The van der Waals surface area contributed by atoms with Crippen molar-refractivity contribution >= 4 is 17.5 Å². The highest BCUT2D eigenvalue weighted by Crippen LogP contribution is 2.20. The van der Waals surface area contributed by atoms with E-state index in [1.165, 1.54) is 4.90 Å². The van der Waals surface area contributed by atoms with Gasteiger partial charge in [-0.15, -0.1) is 0 Å². The second-order valence-electron chi connectivity index (χ2n) is 4.90. The van der Waals surface area contributed by atoms with E-state index in [4.69, 9.17) is 11.6 Å². The van der Waals surface area contributed by atoms with Gasteiger partial charge in [0.2, 0.25) is 0 Å². The number of amides is 1. The normalized spacial score (nSPS) is 10.7. The Hall–Kier alpha value is -1.85. The quantitative estimate of drug-likeness (QED) is 0.922. The van der Waals surface area contributed by atoms with Crippen molar-refractivity contribution < 1.29 is 4.79 Å². The molecule has 0 unspecified atom stereocenters. The monoisotopic (exact) mass is 306 g/mol. The highest BCUT2D eigenvalue weighted by molar-refractivity contribution is 6.31. The van der Waals surface area contributed by atoms with Gasteiger partial charge in [0, 0.05) is 31.9 Å². The number of aromatic nitrogens is 2. The van der Waals surface area contributed by atoms with E-state index in [2.05, 4.69) is 17.3 Å². The van der Waals surface area contributed by atoms with E-state index in [9.17, 15) is 4.79 Å². The van der Waals surface area contributed by atoms with Crippen LogP contribution in [0.15, 0.2) is 30.5 Å². The standard InChI is InChI=1S/C15H19ClN4O/c1-4-17-10-11-5-6-12(9-13(11)16)20-8-7-14(18-20)15(21)19(2)3/h5-9,17H,4,10H2,1-3H3. The van der Waals surface area contributed by atoms with E-state index in [0.717, 1.165) is 24.3 Å². The van der Waals surface area contributed by atoms with Gasteiger partial charge >= 0.3 is 0 Å². The maximum Gasteiger partial charge on any atom is 0.273 e. The Morgan fingerprint density at radius 1 is 1.38 bits per heavy atom. The molecule has 1 aromatic carbocycles. The summed E-state index contributed by atoms with van der Waals surface area (Å²) in [7, 11) is 3.40. The summed E-state index contributed by atoms with van der Waals surface area (Å²) < 4.78 is 1.65. The second kappa shape index (κ2) is 6.74. The van der Waals surface area contributed by atoms with Crippen molar-refractivity contribution in [3.05, 3.63) is 46.7 Å². The van der Waals surface area contributed by atoms with Crippen LogP contribution in [0.5, 0.6) is 0 Å². The number of benzene rings is 1. The fourth-order valence-corrected chi connectivity index (χ4v) is 2.13. The number of halogens is 1. The summed E-state index contributed by atoms with van der Waals surface area (Å²) >= 11 is 6.28. The molecule has 1 heterocycles. The molecule has 0 aliphatic heterocycles. The zero-order chi connectivity index (χ0) is 15.4. The highest BCUT2D eigenvalue weighted by Gasteiger charge is 2.12. The lowest BCUT2D eigenvalue weighted by molar-refractivity contribution is 0.0821. The molecule has 5 nitrogen and oxygen atoms in total. The molecular formula is C15H19ClN4O. The average Bonchev–Trinajstić information content (AvgIpc) is 2.94. The Bertz CT molecular complexity index is 636. The van der Waals surface area contributed by atoms with Crippen molar-refractivity contribution in [1.29, 1.82) is 0 Å². The van der Waals surface area contributed by atoms with Gasteiger partial charge in [0.25, 0.3) is 5.91 Å². The van der Waals surface area contributed by atoms with E-state index < -0.39 is 0 Å². The molecule has 0 spiro atoms. The van der Waals surface area contributed by atoms with Crippen LogP contribution in [0.1, 0.15) is 23.0 Å². The minimum absolute atomic E-state index is 0.122. The van der Waals surface area contributed by atoms with Gasteiger partial charge in [0.05, 0.1) is 5.69 Å². The molecule has 21 heavy (non-hydrogen) atoms. The van der Waals surface area contributed by atoms with Crippen LogP contribution in [0.2, 0.25) is 5.02 Å². The Morgan fingerprint density at radius 2 is 2.14 bits per heavy atom. The number of hydrogen-bond donors (Lipinski definition) is 1. The molecule has 0 bridgehead atoms. The Labute approximate surface area is 129 Å². The predicted molar refractivity (Wildman–Crippen MR) is 84.0 cm³/mol. The minimum atomic E-state index is -0.122. The van der Waals surface area contributed by atoms with Gasteiger partial charge in [0.15, 0.2) is 5.69 Å². The van der Waals surface area contributed by atoms with Crippen LogP contribution in [0.3, 0.4) is 0 Å². The smallest absolute Gasteiger partial charge is 0.273 e. The lowest BCUT2D eigenvalue weighted by Gasteiger charge is -2.08. The van der Waals surface area contributed by atoms with Crippen LogP contribution in [-0.2, 0) is 6.54 Å². The zero-order valence-electron chi connectivity index (χ0n) is 12.4. The van der Waals surface area contributed by atoms with E-state index in [1.54, 1.807) is 31.0 Å². The lowest BCUT2D eigenvalue weighted by atomic mass is 10.2. The van der Waals surface area contributed by atoms with Crippen LogP contribution in [0, 0.1) is 0 Å². The van der Waals surface area contributed by atoms with Crippen molar-refractivity contribution in [2.75, 3.05) is 20.6 Å². The van der Waals surface area contributed by atoms with Gasteiger partial charge in [-0.25, -0.2) is 4.68 Å². The van der Waals surface area contributed by atoms with E-state index in [-0.39, 0.29) is 5.91 Å². The second-order valence-corrected chi connectivity index (χ2v) is 5.31. The van der Waals surface area contributed by atoms with Crippen LogP contribution >= 0.6 is 11.6 Å². The predicted octanol–water partition coefficient (Wildman–Crippen LogP) is 2.34. The third-order valence-corrected chi connectivity index (χ3v) is 3.43. The number of carbonyl (C=O) groups excluding carboxylic acids is 1. The maximum absolute atomic E-state index is 11.8. The fraction of sp³-hybridized carbons (Fsp3) is 0.333. The summed E-state index contributed by atoms with van der Waals surface area (Å²) in [6.45, 7) is 3.68. The van der Waals surface area contributed by atoms with Crippen LogP contribution in [0.4, 0.5) is 0 Å². The van der Waals surface area contributed by atoms with Gasteiger partial charge in [-0.05, 0) is 30.3 Å². The first-order valence-corrected chi connectivity index (χ1v) is 7.17. The van der Waals surface area contributed by atoms with E-state index >= 15 is 0 Å². The van der Waals surface area contributed by atoms with Gasteiger partial charge in [-0.3, -0.25) is 4.79 Å². The van der Waals surface area contributed by atoms with Crippen molar-refractivity contribution in [1.82, 2.24) is 20.0 Å². The SMILES string of the molecule is CCNCc1ccc(-n2ccc(C(=O)N(C)C)n2)cc1Cl. The Balaban J connectivity index is 2.23. The number of nitrogens with zero attached hydrogens (tertiary/aromatic N) is 3. The van der Waals surface area contributed by atoms with E-state index in [1.807, 2.05) is 18.2 Å². The molecule has 1 aromatic heterocycles. The lowest BCUT2D eigenvalue weighted by Crippen LogP contribution is -2.22. The van der Waals surface area contributed by atoms with Crippen LogP contribution < -0.4 is 5.32 Å². The summed E-state index contributed by atoms with van der Waals surface area (Å²) in [4.78, 5) is 13.3. The number of nitrogens with one attached hydrogen (secondary N) is 1. The van der Waals surface area contributed by atoms with Gasteiger partial charge in [-0.1, -0.05) is 24.6 Å². The van der Waals surface area contributed by atoms with Gasteiger partial charge in [0.1, 0.15) is 0 Å². The molecule has 0 aliphatic carbocycles. The van der Waals surface area contributed by atoms with Gasteiger partial charge < -0.3 is 10.2 Å². The number of rotatable bonds is 5. The summed E-state index contributed by atoms with van der Waals surface area (Å²) in [6, 6.07) is 7.46. The zero-order valence-corrected chi connectivity index (χ0v) is 13.2. The first-order valence-electron chi connectivity index (χ1n) is 6.79. The van der Waals surface area contributed by atoms with Crippen LogP contribution in [-0.4, -0.2) is 41.2 Å². The van der Waals surface area contributed by atoms with Gasteiger partial charge in [-0.2, -0.15) is 5.10 Å². The number of carbonyl (C=O) groups is 1. The van der Waals surface area contributed by atoms with Crippen molar-refractivity contribution in [2.45, 2.75) is 13.5 Å². The highest BCUT2D eigenvalue weighted by atomic mass is 35.5. The average molecular weight is 307 g/mol. The molecule has 0 aliphatic rings. The molecule has 0 saturated heterocycles. The topological polar surface area (TPSA) is 50.2 Å². The summed E-state index contributed by atoms with van der Waals surface area (Å²) in [5, 5.41) is 8.21. The molecule has 0 saturated carbocycles.